The molecule has 0 radical (unpaired) electrons. The van der Waals surface area contributed by atoms with E-state index in [-0.39, 0.29) is 5.82 Å². The van der Waals surface area contributed by atoms with Gasteiger partial charge in [0.05, 0.1) is 4.47 Å². The van der Waals surface area contributed by atoms with Gasteiger partial charge < -0.3 is 10.4 Å². The van der Waals surface area contributed by atoms with Gasteiger partial charge in [-0.2, -0.15) is 0 Å². The van der Waals surface area contributed by atoms with Gasteiger partial charge >= 0.3 is 5.97 Å². The van der Waals surface area contributed by atoms with E-state index < -0.39 is 5.97 Å². The standard InChI is InChI=1S/C13H11BrFNO2S/c1-7-4-10(15)9(14)5-11(7)16-6-8-2-3-12(19-8)13(17)18/h2-5,16H,6H2,1H3,(H,17,18). The first-order valence-electron chi connectivity index (χ1n) is 5.49. The highest BCUT2D eigenvalue weighted by atomic mass is 79.9. The van der Waals surface area contributed by atoms with Crippen LogP contribution in [0.5, 0.6) is 0 Å². The van der Waals surface area contributed by atoms with Gasteiger partial charge in [-0.05, 0) is 52.7 Å². The van der Waals surface area contributed by atoms with Gasteiger partial charge in [-0.1, -0.05) is 0 Å². The van der Waals surface area contributed by atoms with Crippen molar-refractivity contribution in [3.8, 4) is 0 Å². The van der Waals surface area contributed by atoms with Crippen LogP contribution in [0.1, 0.15) is 20.1 Å². The molecule has 0 spiro atoms. The minimum absolute atomic E-state index is 0.299. The van der Waals surface area contributed by atoms with Crippen molar-refractivity contribution in [1.82, 2.24) is 0 Å². The van der Waals surface area contributed by atoms with Crippen molar-refractivity contribution >= 4 is 38.9 Å². The van der Waals surface area contributed by atoms with Crippen molar-refractivity contribution in [2.45, 2.75) is 13.5 Å². The number of carboxylic acid groups (broad SMARTS) is 1. The molecule has 0 fully saturated rings. The molecule has 2 rings (SSSR count). The van der Waals surface area contributed by atoms with Crippen LogP contribution in [0.4, 0.5) is 10.1 Å². The number of rotatable bonds is 4. The number of hydrogen-bond acceptors (Lipinski definition) is 3. The number of aromatic carboxylic acids is 1. The predicted octanol–water partition coefficient (Wildman–Crippen LogP) is 4.27. The van der Waals surface area contributed by atoms with Gasteiger partial charge in [-0.25, -0.2) is 9.18 Å². The molecule has 0 unspecified atom stereocenters. The van der Waals surface area contributed by atoms with E-state index in [1.807, 2.05) is 6.92 Å². The Bertz CT molecular complexity index is 627. The lowest BCUT2D eigenvalue weighted by atomic mass is 10.2. The van der Waals surface area contributed by atoms with E-state index in [0.717, 1.165) is 16.1 Å². The first kappa shape index (κ1) is 14.0. The molecule has 0 aliphatic carbocycles. The molecule has 0 saturated heterocycles. The summed E-state index contributed by atoms with van der Waals surface area (Å²) in [4.78, 5) is 12.0. The molecule has 1 heterocycles. The van der Waals surface area contributed by atoms with Crippen LogP contribution >= 0.6 is 27.3 Å². The smallest absolute Gasteiger partial charge is 0.345 e. The highest BCUT2D eigenvalue weighted by Gasteiger charge is 2.08. The van der Waals surface area contributed by atoms with Crippen LogP contribution in [0.3, 0.4) is 0 Å². The zero-order chi connectivity index (χ0) is 14.0. The van der Waals surface area contributed by atoms with E-state index in [1.165, 1.54) is 17.4 Å². The molecule has 0 bridgehead atoms. The molecule has 2 N–H and O–H groups in total. The number of anilines is 1. The molecule has 3 nitrogen and oxygen atoms in total. The molecular formula is C13H11BrFNO2S. The van der Waals surface area contributed by atoms with Crippen LogP contribution in [0, 0.1) is 12.7 Å². The molecule has 0 aliphatic rings. The maximum absolute atomic E-state index is 13.3. The zero-order valence-corrected chi connectivity index (χ0v) is 12.4. The van der Waals surface area contributed by atoms with Crippen molar-refractivity contribution in [3.05, 3.63) is 49.9 Å². The predicted molar refractivity (Wildman–Crippen MR) is 77.4 cm³/mol. The molecule has 19 heavy (non-hydrogen) atoms. The molecule has 0 atom stereocenters. The minimum atomic E-state index is -0.919. The highest BCUT2D eigenvalue weighted by molar-refractivity contribution is 9.10. The largest absolute Gasteiger partial charge is 0.477 e. The number of halogens is 2. The molecule has 0 amide bonds. The van der Waals surface area contributed by atoms with Crippen LogP contribution in [-0.4, -0.2) is 11.1 Å². The van der Waals surface area contributed by atoms with Crippen molar-refractivity contribution in [2.75, 3.05) is 5.32 Å². The summed E-state index contributed by atoms with van der Waals surface area (Å²) in [5.74, 6) is -1.22. The Kier molecular flexibility index (Phi) is 4.21. The fourth-order valence-electron chi connectivity index (χ4n) is 1.61. The third kappa shape index (κ3) is 3.33. The molecule has 1 aromatic heterocycles. The van der Waals surface area contributed by atoms with Gasteiger partial charge in [-0.15, -0.1) is 11.3 Å². The van der Waals surface area contributed by atoms with E-state index in [0.29, 0.717) is 15.9 Å². The van der Waals surface area contributed by atoms with Gasteiger partial charge in [0.1, 0.15) is 10.7 Å². The monoisotopic (exact) mass is 343 g/mol. The zero-order valence-electron chi connectivity index (χ0n) is 10.0. The summed E-state index contributed by atoms with van der Waals surface area (Å²) in [5.41, 5.74) is 1.62. The summed E-state index contributed by atoms with van der Waals surface area (Å²) in [5, 5.41) is 12.0. The molecule has 1 aromatic carbocycles. The third-order valence-electron chi connectivity index (χ3n) is 2.59. The lowest BCUT2D eigenvalue weighted by molar-refractivity contribution is 0.0702. The van der Waals surface area contributed by atoms with Crippen LogP contribution in [0.15, 0.2) is 28.7 Å². The third-order valence-corrected chi connectivity index (χ3v) is 4.27. The maximum atomic E-state index is 13.3. The molecule has 6 heteroatoms. The molecule has 0 saturated carbocycles. The Hall–Kier alpha value is -1.40. The first-order chi connectivity index (χ1) is 8.97. The molecule has 0 aliphatic heterocycles. The number of hydrogen-bond donors (Lipinski definition) is 2. The van der Waals surface area contributed by atoms with Gasteiger partial charge in [0.15, 0.2) is 0 Å². The number of aryl methyl sites for hydroxylation is 1. The SMILES string of the molecule is Cc1cc(F)c(Br)cc1NCc1ccc(C(=O)O)s1. The van der Waals surface area contributed by atoms with E-state index in [9.17, 15) is 9.18 Å². The topological polar surface area (TPSA) is 49.3 Å². The average Bonchev–Trinajstić information content (AvgIpc) is 2.81. The number of carboxylic acids is 1. The second kappa shape index (κ2) is 5.71. The number of benzene rings is 1. The van der Waals surface area contributed by atoms with Gasteiger partial charge in [0.25, 0.3) is 0 Å². The second-order valence-corrected chi connectivity index (χ2v) is 6.03. The quantitative estimate of drug-likeness (QED) is 0.871. The molecule has 2 aromatic rings. The van der Waals surface area contributed by atoms with E-state index in [4.69, 9.17) is 5.11 Å². The van der Waals surface area contributed by atoms with Crippen LogP contribution in [-0.2, 0) is 6.54 Å². The second-order valence-electron chi connectivity index (χ2n) is 4.01. The number of nitrogens with one attached hydrogen (secondary N) is 1. The lowest BCUT2D eigenvalue weighted by Crippen LogP contribution is -2.00. The summed E-state index contributed by atoms with van der Waals surface area (Å²) < 4.78 is 13.7. The molecule has 100 valence electrons. The van der Waals surface area contributed by atoms with Gasteiger partial charge in [0, 0.05) is 17.1 Å². The van der Waals surface area contributed by atoms with Gasteiger partial charge in [-0.3, -0.25) is 0 Å². The fraction of sp³-hybridized carbons (Fsp3) is 0.154. The first-order valence-corrected chi connectivity index (χ1v) is 7.10. The number of carbonyl (C=O) groups is 1. The van der Waals surface area contributed by atoms with Crippen molar-refractivity contribution < 1.29 is 14.3 Å². The summed E-state index contributed by atoms with van der Waals surface area (Å²) in [6, 6.07) is 6.48. The minimum Gasteiger partial charge on any atom is -0.477 e. The van der Waals surface area contributed by atoms with Crippen LogP contribution in [0.25, 0.3) is 0 Å². The van der Waals surface area contributed by atoms with Crippen LogP contribution < -0.4 is 5.32 Å². The Labute approximate surface area is 122 Å². The normalized spacial score (nSPS) is 10.5. The van der Waals surface area contributed by atoms with Crippen LogP contribution in [0.2, 0.25) is 0 Å². The summed E-state index contributed by atoms with van der Waals surface area (Å²) >= 11 is 4.37. The number of thiophene rings is 1. The van der Waals surface area contributed by atoms with Crippen molar-refractivity contribution in [2.24, 2.45) is 0 Å². The summed E-state index contributed by atoms with van der Waals surface area (Å²) in [7, 11) is 0. The van der Waals surface area contributed by atoms with Crippen molar-refractivity contribution in [3.63, 3.8) is 0 Å². The molecular weight excluding hydrogens is 333 g/mol. The Balaban J connectivity index is 2.09. The average molecular weight is 344 g/mol. The van der Waals surface area contributed by atoms with E-state index in [2.05, 4.69) is 21.2 Å². The summed E-state index contributed by atoms with van der Waals surface area (Å²) in [6.45, 7) is 2.33. The fourth-order valence-corrected chi connectivity index (χ4v) is 2.74. The van der Waals surface area contributed by atoms with Gasteiger partial charge in [0.2, 0.25) is 0 Å². The Morgan fingerprint density at radius 2 is 2.21 bits per heavy atom. The Morgan fingerprint density at radius 3 is 2.84 bits per heavy atom. The highest BCUT2D eigenvalue weighted by Crippen LogP contribution is 2.25. The summed E-state index contributed by atoms with van der Waals surface area (Å²) in [6.07, 6.45) is 0. The Morgan fingerprint density at radius 1 is 1.47 bits per heavy atom. The lowest BCUT2D eigenvalue weighted by Gasteiger charge is -2.09. The van der Waals surface area contributed by atoms with Crippen molar-refractivity contribution in [1.29, 1.82) is 0 Å². The maximum Gasteiger partial charge on any atom is 0.345 e. The van der Waals surface area contributed by atoms with E-state index >= 15 is 0 Å². The van der Waals surface area contributed by atoms with E-state index in [1.54, 1.807) is 18.2 Å².